The molecule has 4 N–H and O–H groups in total. The first-order valence-corrected chi connectivity index (χ1v) is 7.48. The van der Waals surface area contributed by atoms with Crippen LogP contribution in [0.5, 0.6) is 11.5 Å². The number of nitrogens with zero attached hydrogens (tertiary/aromatic N) is 1. The van der Waals surface area contributed by atoms with Crippen molar-refractivity contribution in [3.63, 3.8) is 0 Å². The Kier molecular flexibility index (Phi) is 5.18. The molecule has 0 radical (unpaired) electrons. The highest BCUT2D eigenvalue weighted by Gasteiger charge is 2.06. The van der Waals surface area contributed by atoms with Crippen molar-refractivity contribution in [3.8, 4) is 11.5 Å². The number of hydrazone groups is 1. The number of phenolic OH excluding ortho intramolecular Hbond substituents is 2. The molecule has 0 unspecified atom stereocenters. The third-order valence-electron chi connectivity index (χ3n) is 3.33. The van der Waals surface area contributed by atoms with E-state index in [1.54, 1.807) is 6.92 Å². The molecular formula is C17H19N3O2S. The number of nitrogens with one attached hydrogen (secondary N) is 2. The molecule has 6 heteroatoms. The zero-order valence-electron chi connectivity index (χ0n) is 13.2. The molecule has 0 fully saturated rings. The van der Waals surface area contributed by atoms with E-state index in [0.717, 1.165) is 11.3 Å². The normalized spacial score (nSPS) is 11.2. The number of aryl methyl sites for hydroxylation is 2. The summed E-state index contributed by atoms with van der Waals surface area (Å²) in [5, 5.41) is 26.8. The van der Waals surface area contributed by atoms with Crippen LogP contribution in [-0.4, -0.2) is 21.0 Å². The molecule has 0 atom stereocenters. The van der Waals surface area contributed by atoms with Gasteiger partial charge in [-0.05, 0) is 62.8 Å². The maximum atomic E-state index is 9.80. The number of aromatic hydroxyl groups is 2. The van der Waals surface area contributed by atoms with Gasteiger partial charge in [-0.1, -0.05) is 17.7 Å². The van der Waals surface area contributed by atoms with Crippen LogP contribution in [0.4, 0.5) is 5.69 Å². The van der Waals surface area contributed by atoms with E-state index in [1.807, 2.05) is 26.0 Å². The molecular weight excluding hydrogens is 310 g/mol. The fraction of sp³-hybridized carbons (Fsp3) is 0.176. The summed E-state index contributed by atoms with van der Waals surface area (Å²) in [6, 6.07) is 10.3. The van der Waals surface area contributed by atoms with Crippen LogP contribution >= 0.6 is 12.2 Å². The monoisotopic (exact) mass is 329 g/mol. The van der Waals surface area contributed by atoms with Gasteiger partial charge in [0.25, 0.3) is 0 Å². The first-order chi connectivity index (χ1) is 10.9. The van der Waals surface area contributed by atoms with Crippen molar-refractivity contribution in [1.29, 1.82) is 0 Å². The van der Waals surface area contributed by atoms with Crippen molar-refractivity contribution in [2.45, 2.75) is 20.8 Å². The maximum Gasteiger partial charge on any atom is 0.191 e. The minimum atomic E-state index is 0.0408. The van der Waals surface area contributed by atoms with Crippen LogP contribution in [0.15, 0.2) is 41.5 Å². The highest BCUT2D eigenvalue weighted by atomic mass is 32.1. The molecule has 0 saturated heterocycles. The lowest BCUT2D eigenvalue weighted by atomic mass is 10.1. The van der Waals surface area contributed by atoms with E-state index >= 15 is 0 Å². The quantitative estimate of drug-likeness (QED) is 0.300. The van der Waals surface area contributed by atoms with Gasteiger partial charge in [0.05, 0.1) is 5.71 Å². The summed E-state index contributed by atoms with van der Waals surface area (Å²) in [7, 11) is 0. The highest BCUT2D eigenvalue weighted by molar-refractivity contribution is 7.80. The second-order valence-corrected chi connectivity index (χ2v) is 5.69. The topological polar surface area (TPSA) is 76.9 Å². The van der Waals surface area contributed by atoms with Crippen molar-refractivity contribution < 1.29 is 10.2 Å². The Morgan fingerprint density at radius 1 is 1.09 bits per heavy atom. The van der Waals surface area contributed by atoms with E-state index in [-0.39, 0.29) is 11.5 Å². The van der Waals surface area contributed by atoms with Gasteiger partial charge in [0, 0.05) is 11.3 Å². The van der Waals surface area contributed by atoms with Crippen LogP contribution < -0.4 is 10.7 Å². The number of hydrogen-bond acceptors (Lipinski definition) is 4. The molecule has 5 nitrogen and oxygen atoms in total. The number of benzene rings is 2. The molecule has 2 aromatic carbocycles. The van der Waals surface area contributed by atoms with Crippen molar-refractivity contribution in [2.75, 3.05) is 5.32 Å². The Bertz CT molecular complexity index is 772. The third kappa shape index (κ3) is 4.43. The van der Waals surface area contributed by atoms with E-state index in [2.05, 4.69) is 21.9 Å². The molecule has 0 saturated carbocycles. The van der Waals surface area contributed by atoms with Crippen LogP contribution in [0.3, 0.4) is 0 Å². The van der Waals surface area contributed by atoms with Gasteiger partial charge in [-0.25, -0.2) is 0 Å². The maximum absolute atomic E-state index is 9.80. The highest BCUT2D eigenvalue weighted by Crippen LogP contribution is 2.22. The van der Waals surface area contributed by atoms with Gasteiger partial charge in [-0.15, -0.1) is 0 Å². The van der Waals surface area contributed by atoms with Crippen molar-refractivity contribution in [3.05, 3.63) is 53.1 Å². The standard InChI is InChI=1S/C17H19N3O2S/c1-10-4-6-15(11(2)8-10)18-17(23)20-19-12(3)14-9-13(21)5-7-16(14)22/h4-9,21-22H,1-3H3,(H2,18,20,23)/b19-12+. The largest absolute Gasteiger partial charge is 0.508 e. The van der Waals surface area contributed by atoms with Gasteiger partial charge >= 0.3 is 0 Å². The molecule has 2 rings (SSSR count). The predicted octanol–water partition coefficient (Wildman–Crippen LogP) is 3.43. The fourth-order valence-corrected chi connectivity index (χ4v) is 2.27. The number of hydrogen-bond donors (Lipinski definition) is 4. The summed E-state index contributed by atoms with van der Waals surface area (Å²) in [4.78, 5) is 0. The van der Waals surface area contributed by atoms with Crippen LogP contribution in [0.1, 0.15) is 23.6 Å². The van der Waals surface area contributed by atoms with Crippen molar-refractivity contribution in [2.24, 2.45) is 5.10 Å². The van der Waals surface area contributed by atoms with Gasteiger partial charge in [0.15, 0.2) is 5.11 Å². The Labute approximate surface area is 140 Å². The fourth-order valence-electron chi connectivity index (χ4n) is 2.11. The first kappa shape index (κ1) is 16.8. The molecule has 0 heterocycles. The Morgan fingerprint density at radius 3 is 2.52 bits per heavy atom. The molecule has 120 valence electrons. The zero-order chi connectivity index (χ0) is 17.0. The summed E-state index contributed by atoms with van der Waals surface area (Å²) >= 11 is 5.21. The average molecular weight is 329 g/mol. The molecule has 0 aliphatic carbocycles. The summed E-state index contributed by atoms with van der Waals surface area (Å²) in [5.41, 5.74) is 6.84. The lowest BCUT2D eigenvalue weighted by Gasteiger charge is -2.11. The molecule has 23 heavy (non-hydrogen) atoms. The SMILES string of the molecule is C/C(=N\NC(=S)Nc1ccc(C)cc1C)c1cc(O)ccc1O. The lowest BCUT2D eigenvalue weighted by Crippen LogP contribution is -2.25. The van der Waals surface area contributed by atoms with Crippen LogP contribution in [0.2, 0.25) is 0 Å². The predicted molar refractivity (Wildman–Crippen MR) is 97.3 cm³/mol. The Hall–Kier alpha value is -2.60. The Balaban J connectivity index is 2.06. The second kappa shape index (κ2) is 7.11. The number of rotatable bonds is 3. The molecule has 0 aliphatic heterocycles. The van der Waals surface area contributed by atoms with Gasteiger partial charge < -0.3 is 15.5 Å². The summed E-state index contributed by atoms with van der Waals surface area (Å²) < 4.78 is 0. The van der Waals surface area contributed by atoms with E-state index < -0.39 is 0 Å². The van der Waals surface area contributed by atoms with E-state index in [4.69, 9.17) is 12.2 Å². The van der Waals surface area contributed by atoms with Gasteiger partial charge in [0.2, 0.25) is 0 Å². The van der Waals surface area contributed by atoms with E-state index in [1.165, 1.54) is 23.8 Å². The summed E-state index contributed by atoms with van der Waals surface area (Å²) in [6.45, 7) is 5.74. The summed E-state index contributed by atoms with van der Waals surface area (Å²) in [5.74, 6) is 0.0995. The average Bonchev–Trinajstić information content (AvgIpc) is 2.50. The van der Waals surface area contributed by atoms with Crippen LogP contribution in [-0.2, 0) is 0 Å². The molecule has 0 spiro atoms. The number of phenols is 2. The van der Waals surface area contributed by atoms with E-state index in [9.17, 15) is 10.2 Å². The third-order valence-corrected chi connectivity index (χ3v) is 3.52. The molecule has 0 amide bonds. The minimum absolute atomic E-state index is 0.0408. The van der Waals surface area contributed by atoms with Crippen LogP contribution in [0, 0.1) is 13.8 Å². The van der Waals surface area contributed by atoms with Crippen molar-refractivity contribution in [1.82, 2.24) is 5.43 Å². The lowest BCUT2D eigenvalue weighted by molar-refractivity contribution is 0.459. The first-order valence-electron chi connectivity index (χ1n) is 7.07. The summed E-state index contributed by atoms with van der Waals surface area (Å²) in [6.07, 6.45) is 0. The van der Waals surface area contributed by atoms with Crippen molar-refractivity contribution >= 4 is 28.7 Å². The molecule has 0 aromatic heterocycles. The molecule has 0 bridgehead atoms. The van der Waals surface area contributed by atoms with Gasteiger partial charge in [-0.2, -0.15) is 5.10 Å². The minimum Gasteiger partial charge on any atom is -0.508 e. The number of thiocarbonyl (C=S) groups is 1. The zero-order valence-corrected chi connectivity index (χ0v) is 14.0. The van der Waals surface area contributed by atoms with Gasteiger partial charge in [-0.3, -0.25) is 5.43 Å². The second-order valence-electron chi connectivity index (χ2n) is 5.28. The molecule has 2 aromatic rings. The number of anilines is 1. The molecule has 0 aliphatic rings. The van der Waals surface area contributed by atoms with Gasteiger partial charge in [0.1, 0.15) is 11.5 Å². The Morgan fingerprint density at radius 2 is 1.83 bits per heavy atom. The van der Waals surface area contributed by atoms with Crippen LogP contribution in [0.25, 0.3) is 0 Å². The smallest absolute Gasteiger partial charge is 0.191 e. The van der Waals surface area contributed by atoms with E-state index in [0.29, 0.717) is 16.4 Å².